The van der Waals surface area contributed by atoms with Crippen molar-refractivity contribution in [3.63, 3.8) is 0 Å². The molecule has 2 heterocycles. The number of Topliss-reactive ketones (excluding diaryl/α,β-unsaturated/α-hetero) is 1. The summed E-state index contributed by atoms with van der Waals surface area (Å²) in [6.45, 7) is 6.57. The smallest absolute Gasteiger partial charge is 0.410 e. The molecule has 1 spiro atoms. The van der Waals surface area contributed by atoms with Crippen molar-refractivity contribution in [2.75, 3.05) is 13.1 Å². The summed E-state index contributed by atoms with van der Waals surface area (Å²) in [7, 11) is 0. The lowest BCUT2D eigenvalue weighted by molar-refractivity contribution is -0.0226. The summed E-state index contributed by atoms with van der Waals surface area (Å²) in [5.41, 5.74) is -0.480. The van der Waals surface area contributed by atoms with E-state index in [4.69, 9.17) is 21.1 Å². The van der Waals surface area contributed by atoms with Crippen molar-refractivity contribution >= 4 is 23.5 Å². The minimum absolute atomic E-state index is 0.0682. The van der Waals surface area contributed by atoms with Gasteiger partial charge in [0.05, 0.1) is 12.0 Å². The van der Waals surface area contributed by atoms with E-state index < -0.39 is 11.2 Å². The second kappa shape index (κ2) is 5.96. The molecule has 1 amide bonds. The summed E-state index contributed by atoms with van der Waals surface area (Å²) in [5.74, 6) is 0.614. The fourth-order valence-electron chi connectivity index (χ4n) is 3.17. The number of benzene rings is 1. The zero-order valence-electron chi connectivity index (χ0n) is 14.2. The maximum absolute atomic E-state index is 12.4. The molecule has 0 saturated carbocycles. The molecule has 2 aliphatic heterocycles. The van der Waals surface area contributed by atoms with Crippen molar-refractivity contribution in [2.24, 2.45) is 0 Å². The number of carbonyl (C=O) groups excluding carboxylic acids is 2. The molecule has 2 aliphatic rings. The zero-order valence-corrected chi connectivity index (χ0v) is 15.0. The number of halogens is 1. The highest BCUT2D eigenvalue weighted by Crippen LogP contribution is 2.40. The van der Waals surface area contributed by atoms with Crippen LogP contribution in [0.2, 0.25) is 5.02 Å². The van der Waals surface area contributed by atoms with Gasteiger partial charge in [-0.05, 0) is 39.0 Å². The first-order valence-electron chi connectivity index (χ1n) is 8.17. The minimum atomic E-state index is -0.548. The van der Waals surface area contributed by atoms with Gasteiger partial charge in [0, 0.05) is 31.0 Å². The Balaban J connectivity index is 1.70. The SMILES string of the molecule is CC(C)(C)OC(=O)N1CCC2(CC1)CC(=O)c1ccc(Cl)cc1O2. The molecule has 1 saturated heterocycles. The second-order valence-corrected chi connectivity index (χ2v) is 7.93. The van der Waals surface area contributed by atoms with Crippen molar-refractivity contribution < 1.29 is 19.1 Å². The van der Waals surface area contributed by atoms with Gasteiger partial charge < -0.3 is 14.4 Å². The Morgan fingerprint density at radius 2 is 1.96 bits per heavy atom. The number of likely N-dealkylation sites (tertiary alicyclic amines) is 1. The molecule has 0 aromatic heterocycles. The van der Waals surface area contributed by atoms with Crippen LogP contribution in [0.4, 0.5) is 4.79 Å². The molecular weight excluding hydrogens is 330 g/mol. The molecule has 0 atom stereocenters. The Labute approximate surface area is 146 Å². The van der Waals surface area contributed by atoms with Crippen molar-refractivity contribution in [2.45, 2.75) is 51.2 Å². The Kier molecular flexibility index (Phi) is 4.24. The quantitative estimate of drug-likeness (QED) is 0.706. The van der Waals surface area contributed by atoms with Crippen LogP contribution in [0.15, 0.2) is 18.2 Å². The highest BCUT2D eigenvalue weighted by atomic mass is 35.5. The number of hydrogen-bond donors (Lipinski definition) is 0. The predicted octanol–water partition coefficient (Wildman–Crippen LogP) is 4.07. The summed E-state index contributed by atoms with van der Waals surface area (Å²) in [4.78, 5) is 26.3. The Morgan fingerprint density at radius 1 is 1.29 bits per heavy atom. The molecule has 1 fully saturated rings. The largest absolute Gasteiger partial charge is 0.486 e. The number of amides is 1. The predicted molar refractivity (Wildman–Crippen MR) is 90.8 cm³/mol. The molecule has 0 unspecified atom stereocenters. The van der Waals surface area contributed by atoms with Gasteiger partial charge in [-0.3, -0.25) is 4.79 Å². The van der Waals surface area contributed by atoms with E-state index in [-0.39, 0.29) is 11.9 Å². The van der Waals surface area contributed by atoms with Crippen LogP contribution in [0.3, 0.4) is 0 Å². The number of nitrogens with zero attached hydrogens (tertiary/aromatic N) is 1. The van der Waals surface area contributed by atoms with Gasteiger partial charge in [-0.1, -0.05) is 11.6 Å². The van der Waals surface area contributed by atoms with E-state index in [2.05, 4.69) is 0 Å². The Hall–Kier alpha value is -1.75. The van der Waals surface area contributed by atoms with E-state index in [9.17, 15) is 9.59 Å². The molecule has 0 N–H and O–H groups in total. The third-order valence-corrected chi connectivity index (χ3v) is 4.61. The van der Waals surface area contributed by atoms with Crippen molar-refractivity contribution in [1.29, 1.82) is 0 Å². The van der Waals surface area contributed by atoms with Crippen LogP contribution >= 0.6 is 11.6 Å². The average Bonchev–Trinajstić information content (AvgIpc) is 2.45. The van der Waals surface area contributed by atoms with Gasteiger partial charge in [0.15, 0.2) is 5.78 Å². The first kappa shape index (κ1) is 17.1. The molecule has 130 valence electrons. The first-order chi connectivity index (χ1) is 11.2. The fourth-order valence-corrected chi connectivity index (χ4v) is 3.33. The van der Waals surface area contributed by atoms with E-state index in [1.165, 1.54) is 0 Å². The number of carbonyl (C=O) groups is 2. The number of fused-ring (bicyclic) bond motifs is 1. The third kappa shape index (κ3) is 3.51. The van der Waals surface area contributed by atoms with Gasteiger partial charge in [-0.2, -0.15) is 0 Å². The number of ketones is 1. The van der Waals surface area contributed by atoms with E-state index in [0.29, 0.717) is 48.7 Å². The summed E-state index contributed by atoms with van der Waals surface area (Å²) in [6.07, 6.45) is 1.22. The van der Waals surface area contributed by atoms with Gasteiger partial charge in [0.25, 0.3) is 0 Å². The molecule has 0 radical (unpaired) electrons. The molecule has 1 aromatic rings. The summed E-state index contributed by atoms with van der Waals surface area (Å²) >= 11 is 6.02. The maximum atomic E-state index is 12.4. The molecule has 24 heavy (non-hydrogen) atoms. The molecule has 0 bridgehead atoms. The van der Waals surface area contributed by atoms with Crippen LogP contribution in [-0.4, -0.2) is 41.1 Å². The highest BCUT2D eigenvalue weighted by Gasteiger charge is 2.44. The normalized spacial score (nSPS) is 19.7. The third-order valence-electron chi connectivity index (χ3n) is 4.38. The standard InChI is InChI=1S/C18H22ClNO4/c1-17(2,3)24-16(22)20-8-6-18(7-9-20)11-14(21)13-5-4-12(19)10-15(13)23-18/h4-5,10H,6-9,11H2,1-3H3. The molecule has 5 nitrogen and oxygen atoms in total. The molecule has 1 aromatic carbocycles. The van der Waals surface area contributed by atoms with Crippen LogP contribution < -0.4 is 4.74 Å². The zero-order chi connectivity index (χ0) is 17.5. The van der Waals surface area contributed by atoms with Gasteiger partial charge in [0.2, 0.25) is 0 Å². The minimum Gasteiger partial charge on any atom is -0.486 e. The molecule has 3 rings (SSSR count). The Morgan fingerprint density at radius 3 is 2.58 bits per heavy atom. The van der Waals surface area contributed by atoms with Crippen LogP contribution in [-0.2, 0) is 4.74 Å². The topological polar surface area (TPSA) is 55.8 Å². The first-order valence-corrected chi connectivity index (χ1v) is 8.55. The van der Waals surface area contributed by atoms with Gasteiger partial charge in [-0.25, -0.2) is 4.79 Å². The van der Waals surface area contributed by atoms with Gasteiger partial charge in [0.1, 0.15) is 17.0 Å². The van der Waals surface area contributed by atoms with E-state index >= 15 is 0 Å². The lowest BCUT2D eigenvalue weighted by atomic mass is 9.82. The highest BCUT2D eigenvalue weighted by molar-refractivity contribution is 6.30. The summed E-state index contributed by atoms with van der Waals surface area (Å²) < 4.78 is 11.6. The van der Waals surface area contributed by atoms with E-state index in [1.54, 1.807) is 23.1 Å². The van der Waals surface area contributed by atoms with Gasteiger partial charge >= 0.3 is 6.09 Å². The van der Waals surface area contributed by atoms with E-state index in [0.717, 1.165) is 0 Å². The lowest BCUT2D eigenvalue weighted by Crippen LogP contribution is -2.52. The van der Waals surface area contributed by atoms with Crippen LogP contribution in [0.5, 0.6) is 5.75 Å². The van der Waals surface area contributed by atoms with Crippen LogP contribution in [0.1, 0.15) is 50.4 Å². The molecular formula is C18H22ClNO4. The molecule has 6 heteroatoms. The summed E-state index contributed by atoms with van der Waals surface area (Å²) in [5, 5.41) is 0.546. The maximum Gasteiger partial charge on any atom is 0.410 e. The average molecular weight is 352 g/mol. The van der Waals surface area contributed by atoms with Gasteiger partial charge in [-0.15, -0.1) is 0 Å². The van der Waals surface area contributed by atoms with Crippen molar-refractivity contribution in [1.82, 2.24) is 4.90 Å². The fraction of sp³-hybridized carbons (Fsp3) is 0.556. The van der Waals surface area contributed by atoms with Crippen molar-refractivity contribution in [3.8, 4) is 5.75 Å². The van der Waals surface area contributed by atoms with Crippen LogP contribution in [0, 0.1) is 0 Å². The monoisotopic (exact) mass is 351 g/mol. The second-order valence-electron chi connectivity index (χ2n) is 7.49. The number of ether oxygens (including phenoxy) is 2. The summed E-state index contributed by atoms with van der Waals surface area (Å²) in [6, 6.07) is 5.10. The lowest BCUT2D eigenvalue weighted by Gasteiger charge is -2.44. The Bertz CT molecular complexity index is 672. The van der Waals surface area contributed by atoms with E-state index in [1.807, 2.05) is 20.8 Å². The van der Waals surface area contributed by atoms with Crippen molar-refractivity contribution in [3.05, 3.63) is 28.8 Å². The number of piperidine rings is 1. The van der Waals surface area contributed by atoms with Crippen LogP contribution in [0.25, 0.3) is 0 Å². The molecule has 0 aliphatic carbocycles. The number of rotatable bonds is 0. The number of hydrogen-bond acceptors (Lipinski definition) is 4.